The third kappa shape index (κ3) is 2.57. The van der Waals surface area contributed by atoms with E-state index in [-0.39, 0.29) is 11.5 Å². The van der Waals surface area contributed by atoms with Crippen molar-refractivity contribution in [1.29, 1.82) is 0 Å². The van der Waals surface area contributed by atoms with Gasteiger partial charge in [0.1, 0.15) is 11.3 Å². The highest BCUT2D eigenvalue weighted by Crippen LogP contribution is 2.26. The average molecular weight is 300 g/mol. The summed E-state index contributed by atoms with van der Waals surface area (Å²) in [5.41, 5.74) is 1.61. The number of hydrogen-bond acceptors (Lipinski definition) is 3. The van der Waals surface area contributed by atoms with Gasteiger partial charge in [0, 0.05) is 12.8 Å². The molecule has 0 N–H and O–H groups in total. The molecular formula is C13H15Cl2N3O. The minimum Gasteiger partial charge on any atom is -0.376 e. The first-order chi connectivity index (χ1) is 9.15. The van der Waals surface area contributed by atoms with Crippen LogP contribution < -0.4 is 0 Å². The Labute approximate surface area is 121 Å². The number of hydrogen-bond donors (Lipinski definition) is 0. The molecule has 2 aromatic rings. The Hall–Kier alpha value is -0.840. The minimum absolute atomic E-state index is 0.172. The van der Waals surface area contributed by atoms with E-state index in [4.69, 9.17) is 27.9 Å². The fourth-order valence-electron chi connectivity index (χ4n) is 2.48. The van der Waals surface area contributed by atoms with Crippen molar-refractivity contribution in [3.8, 4) is 0 Å². The second-order valence-electron chi connectivity index (χ2n) is 4.83. The molecule has 1 aliphatic heterocycles. The lowest BCUT2D eigenvalue weighted by molar-refractivity contribution is 0.0971. The molecule has 1 aliphatic rings. The maximum Gasteiger partial charge on any atom is 0.160 e. The van der Waals surface area contributed by atoms with E-state index in [0.717, 1.165) is 43.0 Å². The molecule has 2 aromatic heterocycles. The molecule has 0 spiro atoms. The second kappa shape index (κ2) is 5.27. The van der Waals surface area contributed by atoms with Gasteiger partial charge in [0.05, 0.1) is 23.0 Å². The van der Waals surface area contributed by atoms with Gasteiger partial charge in [-0.15, -0.1) is 11.6 Å². The number of pyridine rings is 1. The van der Waals surface area contributed by atoms with Crippen LogP contribution in [-0.4, -0.2) is 27.2 Å². The summed E-state index contributed by atoms with van der Waals surface area (Å²) in [6.07, 6.45) is 4.05. The van der Waals surface area contributed by atoms with Crippen molar-refractivity contribution in [1.82, 2.24) is 14.5 Å². The van der Waals surface area contributed by atoms with Gasteiger partial charge in [0.2, 0.25) is 0 Å². The standard InChI is InChI=1S/C13H15Cl2N3O/c1-8(14)12-17-11-5-9(15)6-16-13(11)18(12)7-10-3-2-4-19-10/h5-6,8,10H,2-4,7H2,1H3. The number of fused-ring (bicyclic) bond motifs is 1. The Kier molecular flexibility index (Phi) is 3.65. The van der Waals surface area contributed by atoms with E-state index in [1.165, 1.54) is 0 Å². The summed E-state index contributed by atoms with van der Waals surface area (Å²) in [6.45, 7) is 3.50. The van der Waals surface area contributed by atoms with Crippen LogP contribution in [0.15, 0.2) is 12.3 Å². The lowest BCUT2D eigenvalue weighted by atomic mass is 10.2. The molecule has 1 saturated heterocycles. The summed E-state index contributed by atoms with van der Waals surface area (Å²) in [6, 6.07) is 1.82. The van der Waals surface area contributed by atoms with E-state index in [2.05, 4.69) is 14.5 Å². The van der Waals surface area contributed by atoms with Crippen LogP contribution in [0.25, 0.3) is 11.2 Å². The zero-order valence-corrected chi connectivity index (χ0v) is 12.2. The third-order valence-electron chi connectivity index (χ3n) is 3.35. The number of rotatable bonds is 3. The molecule has 3 heterocycles. The molecule has 6 heteroatoms. The lowest BCUT2D eigenvalue weighted by Crippen LogP contribution is -2.17. The fraction of sp³-hybridized carbons (Fsp3) is 0.538. The number of nitrogens with zero attached hydrogens (tertiary/aromatic N) is 3. The van der Waals surface area contributed by atoms with Crippen LogP contribution in [0.4, 0.5) is 0 Å². The van der Waals surface area contributed by atoms with Crippen LogP contribution in [0.5, 0.6) is 0 Å². The van der Waals surface area contributed by atoms with Gasteiger partial charge in [-0.2, -0.15) is 0 Å². The smallest absolute Gasteiger partial charge is 0.160 e. The summed E-state index contributed by atoms with van der Waals surface area (Å²) < 4.78 is 7.74. The highest BCUT2D eigenvalue weighted by Gasteiger charge is 2.22. The largest absolute Gasteiger partial charge is 0.376 e. The van der Waals surface area contributed by atoms with E-state index in [9.17, 15) is 0 Å². The molecule has 0 aliphatic carbocycles. The van der Waals surface area contributed by atoms with E-state index in [1.54, 1.807) is 6.20 Å². The van der Waals surface area contributed by atoms with E-state index in [0.29, 0.717) is 5.02 Å². The normalized spacial score (nSPS) is 21.1. The molecule has 2 atom stereocenters. The van der Waals surface area contributed by atoms with Crippen LogP contribution in [0.3, 0.4) is 0 Å². The van der Waals surface area contributed by atoms with Gasteiger partial charge < -0.3 is 9.30 Å². The Morgan fingerprint density at radius 2 is 2.42 bits per heavy atom. The number of imidazole rings is 1. The van der Waals surface area contributed by atoms with E-state index >= 15 is 0 Å². The van der Waals surface area contributed by atoms with E-state index in [1.807, 2.05) is 13.0 Å². The molecule has 1 fully saturated rings. The fourth-order valence-corrected chi connectivity index (χ4v) is 2.80. The number of halogens is 2. The predicted molar refractivity (Wildman–Crippen MR) is 75.8 cm³/mol. The van der Waals surface area contributed by atoms with Gasteiger partial charge in [0.25, 0.3) is 0 Å². The van der Waals surface area contributed by atoms with Crippen molar-refractivity contribution in [3.63, 3.8) is 0 Å². The predicted octanol–water partition coefficient (Wildman–Crippen LogP) is 3.56. The zero-order valence-electron chi connectivity index (χ0n) is 10.6. The van der Waals surface area contributed by atoms with E-state index < -0.39 is 0 Å². The van der Waals surface area contributed by atoms with Gasteiger partial charge in [-0.25, -0.2) is 9.97 Å². The first-order valence-electron chi connectivity index (χ1n) is 6.42. The van der Waals surface area contributed by atoms with Crippen molar-refractivity contribution in [3.05, 3.63) is 23.1 Å². The topological polar surface area (TPSA) is 39.9 Å². The molecule has 4 nitrogen and oxygen atoms in total. The minimum atomic E-state index is -0.172. The molecule has 0 bridgehead atoms. The lowest BCUT2D eigenvalue weighted by Gasteiger charge is -2.14. The maximum atomic E-state index is 6.22. The van der Waals surface area contributed by atoms with Gasteiger partial charge in [-0.05, 0) is 25.8 Å². The molecule has 3 rings (SSSR count). The first-order valence-corrected chi connectivity index (χ1v) is 7.24. The Morgan fingerprint density at radius 3 is 3.11 bits per heavy atom. The highest BCUT2D eigenvalue weighted by atomic mass is 35.5. The second-order valence-corrected chi connectivity index (χ2v) is 5.92. The van der Waals surface area contributed by atoms with Crippen LogP contribution in [0, 0.1) is 0 Å². The van der Waals surface area contributed by atoms with Crippen molar-refractivity contribution in [2.45, 2.75) is 37.8 Å². The van der Waals surface area contributed by atoms with Crippen molar-refractivity contribution >= 4 is 34.4 Å². The third-order valence-corrected chi connectivity index (χ3v) is 3.75. The summed E-state index contributed by atoms with van der Waals surface area (Å²) in [5, 5.41) is 0.414. The molecule has 19 heavy (non-hydrogen) atoms. The molecule has 2 unspecified atom stereocenters. The molecule has 0 radical (unpaired) electrons. The zero-order chi connectivity index (χ0) is 13.4. The van der Waals surface area contributed by atoms with Crippen molar-refractivity contribution in [2.24, 2.45) is 0 Å². The first kappa shape index (κ1) is 13.2. The number of ether oxygens (including phenoxy) is 1. The summed E-state index contributed by atoms with van der Waals surface area (Å²) in [5.74, 6) is 0.821. The molecule has 0 aromatic carbocycles. The van der Waals surface area contributed by atoms with Crippen molar-refractivity contribution < 1.29 is 4.74 Å². The highest BCUT2D eigenvalue weighted by molar-refractivity contribution is 6.31. The quantitative estimate of drug-likeness (QED) is 0.814. The molecule has 102 valence electrons. The average Bonchev–Trinajstić information content (AvgIpc) is 2.97. The summed E-state index contributed by atoms with van der Waals surface area (Å²) >= 11 is 12.2. The van der Waals surface area contributed by atoms with Gasteiger partial charge in [-0.3, -0.25) is 0 Å². The number of aromatic nitrogens is 3. The van der Waals surface area contributed by atoms with Crippen LogP contribution in [0.1, 0.15) is 31.0 Å². The monoisotopic (exact) mass is 299 g/mol. The van der Waals surface area contributed by atoms with Crippen LogP contribution in [0.2, 0.25) is 5.02 Å². The molecular weight excluding hydrogens is 285 g/mol. The Balaban J connectivity index is 2.05. The van der Waals surface area contributed by atoms with Gasteiger partial charge >= 0.3 is 0 Å². The molecule has 0 amide bonds. The maximum absolute atomic E-state index is 6.22. The summed E-state index contributed by atoms with van der Waals surface area (Å²) in [4.78, 5) is 8.92. The van der Waals surface area contributed by atoms with Gasteiger partial charge in [-0.1, -0.05) is 11.6 Å². The van der Waals surface area contributed by atoms with Crippen LogP contribution in [-0.2, 0) is 11.3 Å². The number of alkyl halides is 1. The summed E-state index contributed by atoms with van der Waals surface area (Å²) in [7, 11) is 0. The SMILES string of the molecule is CC(Cl)c1nc2cc(Cl)cnc2n1CC1CCCO1. The van der Waals surface area contributed by atoms with Crippen LogP contribution >= 0.6 is 23.2 Å². The molecule has 0 saturated carbocycles. The van der Waals surface area contributed by atoms with Gasteiger partial charge in [0.15, 0.2) is 5.65 Å². The van der Waals surface area contributed by atoms with Crippen molar-refractivity contribution in [2.75, 3.05) is 6.61 Å². The Morgan fingerprint density at radius 1 is 1.58 bits per heavy atom. The Bertz CT molecular complexity index is 591.